The van der Waals surface area contributed by atoms with Crippen LogP contribution in [0.2, 0.25) is 5.02 Å². The maximum atomic E-state index is 14.9. The zero-order valence-corrected chi connectivity index (χ0v) is 19.9. The highest BCUT2D eigenvalue weighted by Crippen LogP contribution is 2.33. The lowest BCUT2D eigenvalue weighted by molar-refractivity contribution is -0.119. The minimum absolute atomic E-state index is 0.0326. The number of nitrogens with zero attached hydrogens (tertiary/aromatic N) is 1. The third-order valence-electron chi connectivity index (χ3n) is 6.04. The Hall–Kier alpha value is -2.53. The van der Waals surface area contributed by atoms with E-state index in [2.05, 4.69) is 5.32 Å². The van der Waals surface area contributed by atoms with E-state index in [1.54, 1.807) is 24.3 Å². The summed E-state index contributed by atoms with van der Waals surface area (Å²) >= 11 is 5.94. The number of ether oxygens (including phenoxy) is 1. The van der Waals surface area contributed by atoms with E-state index in [9.17, 15) is 22.4 Å². The van der Waals surface area contributed by atoms with Crippen LogP contribution >= 0.6 is 11.6 Å². The van der Waals surface area contributed by atoms with Crippen LogP contribution in [0, 0.1) is 0 Å². The Balaban J connectivity index is 1.66. The maximum absolute atomic E-state index is 14.9. The number of rotatable bonds is 5. The van der Waals surface area contributed by atoms with Crippen molar-refractivity contribution in [1.82, 2.24) is 5.32 Å². The first kappa shape index (κ1) is 24.6. The largest absolute Gasteiger partial charge is 0.381 e. The molecule has 0 aromatic heterocycles. The van der Waals surface area contributed by atoms with Crippen LogP contribution in [-0.2, 0) is 25.9 Å². The van der Waals surface area contributed by atoms with Crippen molar-refractivity contribution in [2.45, 2.75) is 36.0 Å². The lowest BCUT2D eigenvalue weighted by Crippen LogP contribution is -2.45. The number of anilines is 1. The molecule has 2 aromatic rings. The van der Waals surface area contributed by atoms with Crippen molar-refractivity contribution in [2.24, 2.45) is 5.73 Å². The van der Waals surface area contributed by atoms with Crippen LogP contribution in [0.3, 0.4) is 0 Å². The Morgan fingerprint density at radius 3 is 2.56 bits per heavy atom. The minimum atomic E-state index is -3.89. The van der Waals surface area contributed by atoms with Crippen molar-refractivity contribution in [3.05, 3.63) is 58.6 Å². The Bertz CT molecular complexity index is 1200. The monoisotopic (exact) mass is 509 g/mol. The summed E-state index contributed by atoms with van der Waals surface area (Å²) in [6.07, 6.45) is 0.355. The van der Waals surface area contributed by atoms with Gasteiger partial charge in [-0.15, -0.1) is 0 Å². The highest BCUT2D eigenvalue weighted by Gasteiger charge is 2.37. The molecule has 0 aliphatic carbocycles. The smallest absolute Gasteiger partial charge is 0.251 e. The Labute approximate surface area is 202 Å². The zero-order chi connectivity index (χ0) is 24.5. The number of carbonyl (C=O) groups is 2. The number of alkyl halides is 1. The maximum Gasteiger partial charge on any atom is 0.251 e. The number of fused-ring (bicyclic) bond motifs is 1. The topological polar surface area (TPSA) is 119 Å². The molecule has 11 heteroatoms. The molecule has 2 aliphatic heterocycles. The van der Waals surface area contributed by atoms with Gasteiger partial charge in [0.25, 0.3) is 5.91 Å². The first-order valence-corrected chi connectivity index (χ1v) is 12.8. The predicted octanol–water partition coefficient (Wildman–Crippen LogP) is 2.24. The van der Waals surface area contributed by atoms with Gasteiger partial charge in [-0.2, -0.15) is 0 Å². The van der Waals surface area contributed by atoms with E-state index in [1.807, 2.05) is 0 Å². The summed E-state index contributed by atoms with van der Waals surface area (Å²) in [5, 5.41) is 3.09. The summed E-state index contributed by atoms with van der Waals surface area (Å²) in [6, 6.07) is 9.46. The quantitative estimate of drug-likeness (QED) is 0.638. The van der Waals surface area contributed by atoms with Gasteiger partial charge in [0.05, 0.1) is 35.5 Å². The van der Waals surface area contributed by atoms with Crippen molar-refractivity contribution in [2.75, 3.05) is 30.4 Å². The molecule has 2 aromatic carbocycles. The molecule has 0 unspecified atom stereocenters. The van der Waals surface area contributed by atoms with Gasteiger partial charge in [-0.3, -0.25) is 9.59 Å². The number of hydrogen-bond acceptors (Lipinski definition) is 6. The fourth-order valence-corrected chi connectivity index (χ4v) is 5.72. The van der Waals surface area contributed by atoms with Gasteiger partial charge in [-0.25, -0.2) is 12.8 Å². The van der Waals surface area contributed by atoms with Gasteiger partial charge >= 0.3 is 0 Å². The van der Waals surface area contributed by atoms with E-state index < -0.39 is 39.1 Å². The van der Waals surface area contributed by atoms with Crippen LogP contribution in [0.15, 0.2) is 47.4 Å². The first-order chi connectivity index (χ1) is 16.1. The average molecular weight is 510 g/mol. The summed E-state index contributed by atoms with van der Waals surface area (Å²) in [6.45, 7) is 0.407. The van der Waals surface area contributed by atoms with Gasteiger partial charge in [0.15, 0.2) is 9.84 Å². The number of amides is 2. The highest BCUT2D eigenvalue weighted by atomic mass is 35.5. The van der Waals surface area contributed by atoms with Gasteiger partial charge in [0.1, 0.15) is 5.67 Å². The summed E-state index contributed by atoms with van der Waals surface area (Å²) in [5.74, 6) is -1.70. The fraction of sp³-hybridized carbons (Fsp3) is 0.391. The molecule has 1 fully saturated rings. The second-order valence-electron chi connectivity index (χ2n) is 8.57. The molecule has 2 amide bonds. The van der Waals surface area contributed by atoms with E-state index in [-0.39, 0.29) is 55.3 Å². The molecule has 1 atom stereocenters. The van der Waals surface area contributed by atoms with Crippen LogP contribution in [-0.4, -0.2) is 57.5 Å². The Kier molecular flexibility index (Phi) is 6.95. The summed E-state index contributed by atoms with van der Waals surface area (Å²) in [5.41, 5.74) is 5.22. The standard InChI is InChI=1S/C23H25ClFN3O5S/c24-17-4-1-15(2-5-17)12-28-19-11-16(21(29)27-14-23(25)7-9-33-10-8-23)3-6-20(19)34(31,32)13-18(26)22(28)30/h1-6,11,18H,7-10,12-14,26H2,(H,27,29)/t18-/m0/s1. The second kappa shape index (κ2) is 9.61. The molecule has 1 saturated heterocycles. The van der Waals surface area contributed by atoms with Crippen molar-refractivity contribution in [3.8, 4) is 0 Å². The molecule has 4 rings (SSSR count). The minimum Gasteiger partial charge on any atom is -0.381 e. The summed E-state index contributed by atoms with van der Waals surface area (Å²) in [4.78, 5) is 27.1. The van der Waals surface area contributed by atoms with Crippen molar-refractivity contribution < 1.29 is 27.1 Å². The van der Waals surface area contributed by atoms with Gasteiger partial charge in [0.2, 0.25) is 5.91 Å². The van der Waals surface area contributed by atoms with Crippen molar-refractivity contribution >= 4 is 38.9 Å². The number of carbonyl (C=O) groups excluding carboxylic acids is 2. The first-order valence-electron chi connectivity index (χ1n) is 10.8. The molecule has 34 heavy (non-hydrogen) atoms. The van der Waals surface area contributed by atoms with Crippen LogP contribution in [0.1, 0.15) is 28.8 Å². The van der Waals surface area contributed by atoms with Crippen LogP contribution < -0.4 is 16.0 Å². The van der Waals surface area contributed by atoms with Gasteiger partial charge < -0.3 is 20.7 Å². The van der Waals surface area contributed by atoms with E-state index >= 15 is 0 Å². The average Bonchev–Trinajstić information content (AvgIpc) is 2.87. The lowest BCUT2D eigenvalue weighted by Gasteiger charge is -2.29. The number of hydrogen-bond donors (Lipinski definition) is 2. The molecule has 3 N–H and O–H groups in total. The van der Waals surface area contributed by atoms with E-state index in [0.29, 0.717) is 10.6 Å². The fourth-order valence-electron chi connectivity index (χ4n) is 4.04. The molecular weight excluding hydrogens is 485 g/mol. The number of sulfone groups is 1. The third-order valence-corrected chi connectivity index (χ3v) is 8.10. The molecule has 182 valence electrons. The molecular formula is C23H25ClFN3O5S. The Morgan fingerprint density at radius 1 is 1.21 bits per heavy atom. The normalized spacial score (nSPS) is 21.4. The number of halogens is 2. The SMILES string of the molecule is N[C@H]1CS(=O)(=O)c2ccc(C(=O)NCC3(F)CCOCC3)cc2N(Cc2ccc(Cl)cc2)C1=O. The molecule has 2 heterocycles. The molecule has 2 aliphatic rings. The molecule has 0 saturated carbocycles. The van der Waals surface area contributed by atoms with Gasteiger partial charge in [-0.1, -0.05) is 23.7 Å². The molecule has 0 bridgehead atoms. The zero-order valence-electron chi connectivity index (χ0n) is 18.3. The summed E-state index contributed by atoms with van der Waals surface area (Å²) in [7, 11) is -3.89. The number of nitrogens with one attached hydrogen (secondary N) is 1. The van der Waals surface area contributed by atoms with E-state index in [0.717, 1.165) is 0 Å². The molecule has 8 nitrogen and oxygen atoms in total. The Morgan fingerprint density at radius 2 is 1.88 bits per heavy atom. The number of nitrogens with two attached hydrogens (primary N) is 1. The molecule has 0 spiro atoms. The van der Waals surface area contributed by atoms with Gasteiger partial charge in [-0.05, 0) is 35.9 Å². The van der Waals surface area contributed by atoms with Crippen molar-refractivity contribution in [3.63, 3.8) is 0 Å². The van der Waals surface area contributed by atoms with Crippen molar-refractivity contribution in [1.29, 1.82) is 0 Å². The van der Waals surface area contributed by atoms with E-state index in [4.69, 9.17) is 22.1 Å². The number of benzene rings is 2. The third kappa shape index (κ3) is 5.25. The molecule has 0 radical (unpaired) electrons. The van der Waals surface area contributed by atoms with Gasteiger partial charge in [0, 0.05) is 36.6 Å². The van der Waals surface area contributed by atoms with Crippen LogP contribution in [0.25, 0.3) is 0 Å². The lowest BCUT2D eigenvalue weighted by atomic mass is 9.96. The second-order valence-corrected chi connectivity index (χ2v) is 11.0. The van der Waals surface area contributed by atoms with Crippen LogP contribution in [0.4, 0.5) is 10.1 Å². The van der Waals surface area contributed by atoms with E-state index in [1.165, 1.54) is 23.1 Å². The van der Waals surface area contributed by atoms with Crippen LogP contribution in [0.5, 0.6) is 0 Å². The summed E-state index contributed by atoms with van der Waals surface area (Å²) < 4.78 is 45.8. The predicted molar refractivity (Wildman–Crippen MR) is 125 cm³/mol. The highest BCUT2D eigenvalue weighted by molar-refractivity contribution is 7.91.